The van der Waals surface area contributed by atoms with E-state index >= 15 is 0 Å². The minimum Gasteiger partial charge on any atom is -0.0885 e. The van der Waals surface area contributed by atoms with E-state index in [1.54, 1.807) is 0 Å². The van der Waals surface area contributed by atoms with Gasteiger partial charge in [0.2, 0.25) is 0 Å². The normalized spacial score (nSPS) is 12.2. The molecule has 0 heteroatoms. The third-order valence-electron chi connectivity index (χ3n) is 2.51. The zero-order chi connectivity index (χ0) is 11.2. The van der Waals surface area contributed by atoms with E-state index in [1.165, 1.54) is 57.8 Å². The van der Waals surface area contributed by atoms with Gasteiger partial charge < -0.3 is 0 Å². The minimum atomic E-state index is 0.604. The Morgan fingerprint density at radius 2 is 1.36 bits per heavy atom. The van der Waals surface area contributed by atoms with E-state index in [9.17, 15) is 0 Å². The average Bonchev–Trinajstić information content (AvgIpc) is 2.26. The van der Waals surface area contributed by atoms with Gasteiger partial charge in [-0.25, -0.2) is 0 Å². The standard InChI is InChI=1S/C14H28/c1-3-5-7-9-11-13-14-12-10-8-6-4-2/h13-14H,3-12H2,1-2H3/b14-13-/i1D. The van der Waals surface area contributed by atoms with Crippen molar-refractivity contribution in [1.29, 1.82) is 0 Å². The monoisotopic (exact) mass is 197 g/mol. The molecule has 84 valence electrons. The van der Waals surface area contributed by atoms with Gasteiger partial charge in [-0.3, -0.25) is 0 Å². The number of rotatable bonds is 10. The molecule has 0 saturated heterocycles. The highest BCUT2D eigenvalue weighted by atomic mass is 13.9. The third-order valence-corrected chi connectivity index (χ3v) is 2.51. The predicted octanol–water partition coefficient (Wildman–Crippen LogP) is 5.48. The van der Waals surface area contributed by atoms with Crippen molar-refractivity contribution in [2.45, 2.75) is 78.0 Å². The highest BCUT2D eigenvalue weighted by Gasteiger charge is 1.86. The molecule has 14 heavy (non-hydrogen) atoms. The van der Waals surface area contributed by atoms with Gasteiger partial charge in [0.1, 0.15) is 0 Å². The molecular formula is C14H28. The molecule has 0 nitrogen and oxygen atoms in total. The molecule has 0 saturated carbocycles. The quantitative estimate of drug-likeness (QED) is 0.321. The summed E-state index contributed by atoms with van der Waals surface area (Å²) in [5, 5.41) is 0. The maximum atomic E-state index is 7.02. The summed E-state index contributed by atoms with van der Waals surface area (Å²) in [6.45, 7) is 2.86. The second kappa shape index (κ2) is 12.7. The van der Waals surface area contributed by atoms with Crippen LogP contribution in [0.2, 0.25) is 0 Å². The van der Waals surface area contributed by atoms with Crippen molar-refractivity contribution < 1.29 is 1.37 Å². The van der Waals surface area contributed by atoms with Gasteiger partial charge in [-0.15, -0.1) is 0 Å². The lowest BCUT2D eigenvalue weighted by molar-refractivity contribution is 0.665. The van der Waals surface area contributed by atoms with E-state index in [1.807, 2.05) is 0 Å². The smallest absolute Gasteiger partial charge is 0.0230 e. The summed E-state index contributed by atoms with van der Waals surface area (Å²) in [4.78, 5) is 0. The van der Waals surface area contributed by atoms with Gasteiger partial charge in [-0.2, -0.15) is 0 Å². The van der Waals surface area contributed by atoms with Crippen LogP contribution in [0.15, 0.2) is 12.2 Å². The van der Waals surface area contributed by atoms with E-state index in [2.05, 4.69) is 19.1 Å². The molecule has 0 heterocycles. The molecule has 0 aliphatic heterocycles. The Labute approximate surface area is 92.2 Å². The van der Waals surface area contributed by atoms with Gasteiger partial charge in [0.25, 0.3) is 0 Å². The summed E-state index contributed by atoms with van der Waals surface area (Å²) in [5.74, 6) is 0. The van der Waals surface area contributed by atoms with Crippen LogP contribution in [0.3, 0.4) is 0 Å². The van der Waals surface area contributed by atoms with Crippen molar-refractivity contribution >= 4 is 0 Å². The number of hydrogen-bond acceptors (Lipinski definition) is 0. The lowest BCUT2D eigenvalue weighted by Crippen LogP contribution is -1.75. The number of unbranched alkanes of at least 4 members (excludes halogenated alkanes) is 8. The maximum absolute atomic E-state index is 7.02. The Kier molecular flexibility index (Phi) is 10.7. The van der Waals surface area contributed by atoms with Gasteiger partial charge in [-0.1, -0.05) is 64.5 Å². The summed E-state index contributed by atoms with van der Waals surface area (Å²) in [7, 11) is 0. The Morgan fingerprint density at radius 3 is 1.86 bits per heavy atom. The van der Waals surface area contributed by atoms with Crippen LogP contribution < -0.4 is 0 Å². The van der Waals surface area contributed by atoms with Crippen molar-refractivity contribution in [2.24, 2.45) is 0 Å². The predicted molar refractivity (Wildman–Crippen MR) is 66.7 cm³/mol. The first-order valence-corrected chi connectivity index (χ1v) is 6.36. The van der Waals surface area contributed by atoms with Crippen LogP contribution in [0, 0.1) is 0 Å². The largest absolute Gasteiger partial charge is 0.0885 e. The fourth-order valence-corrected chi connectivity index (χ4v) is 1.54. The van der Waals surface area contributed by atoms with E-state index in [-0.39, 0.29) is 0 Å². The van der Waals surface area contributed by atoms with Gasteiger partial charge in [0.05, 0.1) is 0 Å². The molecule has 0 aliphatic rings. The Hall–Kier alpha value is -0.260. The topological polar surface area (TPSA) is 0 Å². The molecule has 0 aromatic heterocycles. The molecule has 0 spiro atoms. The van der Waals surface area contributed by atoms with E-state index in [0.717, 1.165) is 6.42 Å². The summed E-state index contributed by atoms with van der Waals surface area (Å²) in [6, 6.07) is 0. The van der Waals surface area contributed by atoms with E-state index in [4.69, 9.17) is 1.37 Å². The second-order valence-electron chi connectivity index (χ2n) is 4.02. The first kappa shape index (κ1) is 11.8. The molecule has 0 fully saturated rings. The third kappa shape index (κ3) is 11.7. The van der Waals surface area contributed by atoms with E-state index < -0.39 is 0 Å². The van der Waals surface area contributed by atoms with Crippen molar-refractivity contribution in [3.63, 3.8) is 0 Å². The van der Waals surface area contributed by atoms with Gasteiger partial charge in [0.15, 0.2) is 0 Å². The van der Waals surface area contributed by atoms with E-state index in [0.29, 0.717) is 6.90 Å². The zero-order valence-electron chi connectivity index (χ0n) is 10.9. The molecule has 0 rings (SSSR count). The van der Waals surface area contributed by atoms with Crippen LogP contribution in [-0.2, 0) is 0 Å². The summed E-state index contributed by atoms with van der Waals surface area (Å²) >= 11 is 0. The van der Waals surface area contributed by atoms with Gasteiger partial charge in [0, 0.05) is 1.37 Å². The van der Waals surface area contributed by atoms with Crippen LogP contribution in [0.25, 0.3) is 0 Å². The Balaban J connectivity index is 2.97. The lowest BCUT2D eigenvalue weighted by atomic mass is 10.1. The van der Waals surface area contributed by atoms with Crippen LogP contribution >= 0.6 is 0 Å². The average molecular weight is 197 g/mol. The SMILES string of the molecule is [2H]CCCCCC/C=C\CCCCCC. The zero-order valence-corrected chi connectivity index (χ0v) is 9.93. The van der Waals surface area contributed by atoms with Crippen LogP contribution in [0.1, 0.15) is 79.4 Å². The van der Waals surface area contributed by atoms with Gasteiger partial charge in [-0.05, 0) is 25.7 Å². The van der Waals surface area contributed by atoms with Crippen LogP contribution in [-0.4, -0.2) is 0 Å². The van der Waals surface area contributed by atoms with Gasteiger partial charge >= 0.3 is 0 Å². The maximum Gasteiger partial charge on any atom is 0.0230 e. The first-order chi connectivity index (χ1) is 7.41. The minimum absolute atomic E-state index is 0.604. The molecule has 0 atom stereocenters. The fraction of sp³-hybridized carbons (Fsp3) is 0.857. The number of hydrogen-bond donors (Lipinski definition) is 0. The highest BCUT2D eigenvalue weighted by Crippen LogP contribution is 2.05. The number of allylic oxidation sites excluding steroid dienone is 2. The molecule has 0 N–H and O–H groups in total. The molecule has 0 aromatic rings. The molecule has 0 unspecified atom stereocenters. The van der Waals surface area contributed by atoms with Crippen molar-refractivity contribution in [1.82, 2.24) is 0 Å². The Morgan fingerprint density at radius 1 is 0.786 bits per heavy atom. The van der Waals surface area contributed by atoms with Crippen LogP contribution in [0.4, 0.5) is 0 Å². The Bertz CT molecular complexity index is 129. The van der Waals surface area contributed by atoms with Crippen molar-refractivity contribution in [2.75, 3.05) is 0 Å². The fourth-order valence-electron chi connectivity index (χ4n) is 1.54. The molecule has 0 amide bonds. The highest BCUT2D eigenvalue weighted by molar-refractivity contribution is 4.81. The molecule has 0 bridgehead atoms. The van der Waals surface area contributed by atoms with Crippen LogP contribution in [0.5, 0.6) is 0 Å². The molecule has 0 aliphatic carbocycles. The summed E-state index contributed by atoms with van der Waals surface area (Å²) in [6.07, 6.45) is 17.6. The molecule has 0 radical (unpaired) electrons. The second-order valence-corrected chi connectivity index (χ2v) is 4.02. The summed E-state index contributed by atoms with van der Waals surface area (Å²) < 4.78 is 7.02. The molecular weight excluding hydrogens is 168 g/mol. The van der Waals surface area contributed by atoms with Crippen molar-refractivity contribution in [3.05, 3.63) is 12.2 Å². The first-order valence-electron chi connectivity index (χ1n) is 7.06. The summed E-state index contributed by atoms with van der Waals surface area (Å²) in [5.41, 5.74) is 0. The lowest BCUT2D eigenvalue weighted by Gasteiger charge is -1.95. The van der Waals surface area contributed by atoms with Crippen molar-refractivity contribution in [3.8, 4) is 0 Å². The molecule has 0 aromatic carbocycles.